The van der Waals surface area contributed by atoms with Crippen LogP contribution in [0.1, 0.15) is 32.3 Å². The molecule has 1 aromatic rings. The summed E-state index contributed by atoms with van der Waals surface area (Å²) in [7, 11) is 0. The lowest BCUT2D eigenvalue weighted by atomic mass is 9.63. The average Bonchev–Trinajstić information content (AvgIpc) is 2.99. The van der Waals surface area contributed by atoms with Gasteiger partial charge < -0.3 is 4.79 Å². The summed E-state index contributed by atoms with van der Waals surface area (Å²) in [5, 5.41) is 0. The van der Waals surface area contributed by atoms with Crippen LogP contribution < -0.4 is 0 Å². The first-order valence-corrected chi connectivity index (χ1v) is 7.38. The van der Waals surface area contributed by atoms with Crippen LogP contribution in [0.4, 0.5) is 0 Å². The Kier molecular flexibility index (Phi) is 3.08. The highest BCUT2D eigenvalue weighted by Gasteiger charge is 2.56. The number of allylic oxidation sites excluding steroid dienone is 2. The smallest absolute Gasteiger partial charge is 0.131 e. The van der Waals surface area contributed by atoms with Crippen LogP contribution in [0.2, 0.25) is 0 Å². The molecule has 1 heteroatoms. The van der Waals surface area contributed by atoms with E-state index in [0.29, 0.717) is 23.7 Å². The molecule has 0 aromatic heterocycles. The first-order valence-electron chi connectivity index (χ1n) is 7.38. The summed E-state index contributed by atoms with van der Waals surface area (Å²) in [6.45, 7) is 4.52. The quantitative estimate of drug-likeness (QED) is 0.586. The zero-order chi connectivity index (χ0) is 13.5. The fourth-order valence-corrected chi connectivity index (χ4v) is 4.28. The third kappa shape index (κ3) is 1.79. The molecular formula is C18H22O. The molecule has 2 aliphatic rings. The molecule has 1 saturated carbocycles. The van der Waals surface area contributed by atoms with Gasteiger partial charge in [0.1, 0.15) is 6.29 Å². The van der Waals surface area contributed by atoms with Crippen molar-refractivity contribution in [2.75, 3.05) is 0 Å². The Bertz CT molecular complexity index is 488. The van der Waals surface area contributed by atoms with E-state index < -0.39 is 0 Å². The molecule has 0 unspecified atom stereocenters. The molecule has 0 amide bonds. The van der Waals surface area contributed by atoms with Crippen molar-refractivity contribution in [3.05, 3.63) is 48.0 Å². The van der Waals surface area contributed by atoms with E-state index >= 15 is 0 Å². The number of rotatable bonds is 4. The van der Waals surface area contributed by atoms with Crippen LogP contribution in [0.3, 0.4) is 0 Å². The van der Waals surface area contributed by atoms with Crippen molar-refractivity contribution in [1.29, 1.82) is 0 Å². The van der Waals surface area contributed by atoms with Gasteiger partial charge in [0.05, 0.1) is 5.41 Å². The van der Waals surface area contributed by atoms with Gasteiger partial charge in [0.25, 0.3) is 0 Å². The summed E-state index contributed by atoms with van der Waals surface area (Å²) in [6, 6.07) is 10.4. The fourth-order valence-electron chi connectivity index (χ4n) is 4.28. The molecule has 0 heterocycles. The molecule has 1 aromatic carbocycles. The molecule has 100 valence electrons. The highest BCUT2D eigenvalue weighted by atomic mass is 16.1. The monoisotopic (exact) mass is 254 g/mol. The van der Waals surface area contributed by atoms with Gasteiger partial charge >= 0.3 is 0 Å². The first kappa shape index (κ1) is 12.7. The van der Waals surface area contributed by atoms with Gasteiger partial charge in [-0.15, -0.1) is 0 Å². The van der Waals surface area contributed by atoms with Crippen LogP contribution in [-0.4, -0.2) is 6.29 Å². The molecule has 19 heavy (non-hydrogen) atoms. The Balaban J connectivity index is 2.07. The standard InChI is InChI=1S/C18H22O/c1-13(2)10-17-14-8-9-16(11-14)18(17,12-19)15-6-4-3-5-7-15/h3-9,12-14,16-17H,10-11H2,1-2H3/t14-,16+,17+,18-/m0/s1. The molecule has 1 fully saturated rings. The van der Waals surface area contributed by atoms with Gasteiger partial charge in [-0.3, -0.25) is 0 Å². The zero-order valence-electron chi connectivity index (χ0n) is 11.8. The van der Waals surface area contributed by atoms with E-state index in [9.17, 15) is 4.79 Å². The van der Waals surface area contributed by atoms with Crippen molar-refractivity contribution in [1.82, 2.24) is 0 Å². The first-order chi connectivity index (χ1) is 9.18. The Morgan fingerprint density at radius 3 is 2.63 bits per heavy atom. The third-order valence-corrected chi connectivity index (χ3v) is 5.05. The summed E-state index contributed by atoms with van der Waals surface area (Å²) in [4.78, 5) is 12.1. The number of fused-ring (bicyclic) bond motifs is 2. The minimum atomic E-state index is -0.273. The van der Waals surface area contributed by atoms with Crippen molar-refractivity contribution < 1.29 is 4.79 Å². The molecule has 1 nitrogen and oxygen atoms in total. The van der Waals surface area contributed by atoms with Gasteiger partial charge in [-0.1, -0.05) is 56.3 Å². The predicted molar refractivity (Wildman–Crippen MR) is 77.9 cm³/mol. The van der Waals surface area contributed by atoms with Gasteiger partial charge in [-0.25, -0.2) is 0 Å². The van der Waals surface area contributed by atoms with Crippen molar-refractivity contribution in [2.45, 2.75) is 32.1 Å². The second-order valence-corrected chi connectivity index (χ2v) is 6.54. The number of carbonyl (C=O) groups excluding carboxylic acids is 1. The van der Waals surface area contributed by atoms with Crippen LogP contribution >= 0.6 is 0 Å². The number of carbonyl (C=O) groups is 1. The largest absolute Gasteiger partial charge is 0.302 e. The maximum atomic E-state index is 12.1. The van der Waals surface area contributed by atoms with Crippen LogP contribution in [0.25, 0.3) is 0 Å². The minimum Gasteiger partial charge on any atom is -0.302 e. The topological polar surface area (TPSA) is 17.1 Å². The van der Waals surface area contributed by atoms with Crippen LogP contribution in [-0.2, 0) is 10.2 Å². The van der Waals surface area contributed by atoms with Gasteiger partial charge in [-0.2, -0.15) is 0 Å². The molecule has 4 atom stereocenters. The SMILES string of the molecule is CC(C)C[C@@H]1[C@H]2C=C[C@H](C2)[C@]1(C=O)c1ccccc1. The van der Waals surface area contributed by atoms with E-state index in [1.165, 1.54) is 11.8 Å². The van der Waals surface area contributed by atoms with E-state index in [2.05, 4.69) is 50.3 Å². The zero-order valence-corrected chi connectivity index (χ0v) is 11.8. The lowest BCUT2D eigenvalue weighted by Crippen LogP contribution is -2.41. The van der Waals surface area contributed by atoms with Crippen LogP contribution in [0.5, 0.6) is 0 Å². The second-order valence-electron chi connectivity index (χ2n) is 6.54. The van der Waals surface area contributed by atoms with Crippen molar-refractivity contribution in [3.63, 3.8) is 0 Å². The highest BCUT2D eigenvalue weighted by molar-refractivity contribution is 5.72. The lowest BCUT2D eigenvalue weighted by Gasteiger charge is -2.39. The molecule has 0 N–H and O–H groups in total. The summed E-state index contributed by atoms with van der Waals surface area (Å²) in [5.74, 6) is 2.11. The van der Waals surface area contributed by atoms with E-state index in [0.717, 1.165) is 12.8 Å². The number of benzene rings is 1. The molecule has 3 rings (SSSR count). The second kappa shape index (κ2) is 4.63. The number of hydrogen-bond acceptors (Lipinski definition) is 1. The molecule has 2 bridgehead atoms. The van der Waals surface area contributed by atoms with E-state index in [1.54, 1.807) is 0 Å². The molecule has 0 spiro atoms. The Labute approximate surface area is 115 Å². The number of aldehydes is 1. The number of hydrogen-bond donors (Lipinski definition) is 0. The van der Waals surface area contributed by atoms with Crippen molar-refractivity contribution in [3.8, 4) is 0 Å². The molecular weight excluding hydrogens is 232 g/mol. The molecule has 0 saturated heterocycles. The third-order valence-electron chi connectivity index (χ3n) is 5.05. The van der Waals surface area contributed by atoms with Gasteiger partial charge in [0.15, 0.2) is 0 Å². The van der Waals surface area contributed by atoms with Gasteiger partial charge in [-0.05, 0) is 42.1 Å². The van der Waals surface area contributed by atoms with Gasteiger partial charge in [0.2, 0.25) is 0 Å². The van der Waals surface area contributed by atoms with Crippen LogP contribution in [0.15, 0.2) is 42.5 Å². The summed E-state index contributed by atoms with van der Waals surface area (Å²) < 4.78 is 0. The Hall–Kier alpha value is -1.37. The molecule has 2 aliphatic carbocycles. The predicted octanol–water partition coefficient (Wildman–Crippen LogP) is 3.99. The van der Waals surface area contributed by atoms with E-state index in [4.69, 9.17) is 0 Å². The fraction of sp³-hybridized carbons (Fsp3) is 0.500. The van der Waals surface area contributed by atoms with Crippen molar-refractivity contribution >= 4 is 6.29 Å². The van der Waals surface area contributed by atoms with Gasteiger partial charge in [0, 0.05) is 0 Å². The minimum absolute atomic E-state index is 0.273. The maximum absolute atomic E-state index is 12.1. The lowest BCUT2D eigenvalue weighted by molar-refractivity contribution is -0.115. The normalized spacial score (nSPS) is 36.1. The van der Waals surface area contributed by atoms with Crippen LogP contribution in [0, 0.1) is 23.7 Å². The Morgan fingerprint density at radius 2 is 2.00 bits per heavy atom. The summed E-state index contributed by atoms with van der Waals surface area (Å²) >= 11 is 0. The van der Waals surface area contributed by atoms with E-state index in [-0.39, 0.29) is 5.41 Å². The van der Waals surface area contributed by atoms with Crippen molar-refractivity contribution in [2.24, 2.45) is 23.7 Å². The Morgan fingerprint density at radius 1 is 1.26 bits per heavy atom. The summed E-state index contributed by atoms with van der Waals surface area (Å²) in [5.41, 5.74) is 0.942. The maximum Gasteiger partial charge on any atom is 0.131 e. The summed E-state index contributed by atoms with van der Waals surface area (Å²) in [6.07, 6.45) is 8.18. The van der Waals surface area contributed by atoms with E-state index in [1.807, 2.05) is 6.07 Å². The molecule has 0 radical (unpaired) electrons. The highest BCUT2D eigenvalue weighted by Crippen LogP contribution is 2.58. The molecule has 0 aliphatic heterocycles. The average molecular weight is 254 g/mol.